The van der Waals surface area contributed by atoms with Crippen LogP contribution in [0.1, 0.15) is 43.4 Å². The van der Waals surface area contributed by atoms with E-state index < -0.39 is 40.5 Å². The predicted molar refractivity (Wildman–Crippen MR) is 157 cm³/mol. The second kappa shape index (κ2) is 9.74. The zero-order valence-corrected chi connectivity index (χ0v) is 24.3. The van der Waals surface area contributed by atoms with E-state index in [9.17, 15) is 14.7 Å². The Morgan fingerprint density at radius 1 is 1.12 bits per heavy atom. The largest absolute Gasteiger partial charge is 0.496 e. The van der Waals surface area contributed by atoms with E-state index >= 15 is 0 Å². The molecule has 1 aliphatic carbocycles. The van der Waals surface area contributed by atoms with E-state index in [1.807, 2.05) is 55.3 Å². The molecule has 2 aromatic carbocycles. The lowest BCUT2D eigenvalue weighted by atomic mass is 9.47. The van der Waals surface area contributed by atoms with Crippen molar-refractivity contribution in [2.24, 2.45) is 5.41 Å². The molecule has 8 heteroatoms. The fourth-order valence-electron chi connectivity index (χ4n) is 8.66. The molecule has 6 atom stereocenters. The number of aliphatic hydroxyl groups is 1. The van der Waals surface area contributed by atoms with Gasteiger partial charge in [-0.15, -0.1) is 0 Å². The number of methoxy groups -OCH3 is 2. The first-order valence-corrected chi connectivity index (χ1v) is 14.3. The first-order valence-electron chi connectivity index (χ1n) is 14.3. The lowest BCUT2D eigenvalue weighted by Gasteiger charge is -2.63. The monoisotopic (exact) mass is 558 g/mol. The second-order valence-corrected chi connectivity index (χ2v) is 11.7. The normalized spacial score (nSPS) is 33.3. The van der Waals surface area contributed by atoms with E-state index in [1.54, 1.807) is 7.11 Å². The molecule has 4 aliphatic rings. The molecule has 0 amide bonds. The van der Waals surface area contributed by atoms with E-state index in [2.05, 4.69) is 35.3 Å². The fourth-order valence-corrected chi connectivity index (χ4v) is 8.66. The molecule has 1 N–H and O–H groups in total. The summed E-state index contributed by atoms with van der Waals surface area (Å²) in [5.74, 6) is -0.655. The van der Waals surface area contributed by atoms with Gasteiger partial charge in [0.1, 0.15) is 5.75 Å². The van der Waals surface area contributed by atoms with Crippen molar-refractivity contribution in [3.05, 3.63) is 71.3 Å². The molecule has 0 unspecified atom stereocenters. The van der Waals surface area contributed by atoms with Crippen molar-refractivity contribution in [3.63, 3.8) is 0 Å². The van der Waals surface area contributed by atoms with Gasteiger partial charge in [-0.25, -0.2) is 4.79 Å². The van der Waals surface area contributed by atoms with E-state index in [-0.39, 0.29) is 6.04 Å². The predicted octanol–water partition coefficient (Wildman–Crippen LogP) is 3.81. The van der Waals surface area contributed by atoms with Crippen molar-refractivity contribution in [1.82, 2.24) is 4.90 Å². The molecule has 1 saturated carbocycles. The average Bonchev–Trinajstić information content (AvgIpc) is 3.49. The number of rotatable bonds is 6. The van der Waals surface area contributed by atoms with E-state index in [0.29, 0.717) is 12.2 Å². The number of esters is 2. The second-order valence-electron chi connectivity index (χ2n) is 11.7. The maximum Gasteiger partial charge on any atom is 0.344 e. The Hall–Kier alpha value is -3.62. The fraction of sp³-hybridized carbons (Fsp3) is 0.455. The third-order valence-corrected chi connectivity index (χ3v) is 10.0. The summed E-state index contributed by atoms with van der Waals surface area (Å²) in [4.78, 5) is 30.8. The van der Waals surface area contributed by atoms with Crippen molar-refractivity contribution in [1.29, 1.82) is 0 Å². The van der Waals surface area contributed by atoms with Gasteiger partial charge in [0.15, 0.2) is 6.10 Å². The summed E-state index contributed by atoms with van der Waals surface area (Å²) < 4.78 is 17.2. The van der Waals surface area contributed by atoms with Crippen LogP contribution in [-0.2, 0) is 24.5 Å². The van der Waals surface area contributed by atoms with E-state index in [1.165, 1.54) is 14.0 Å². The first kappa shape index (κ1) is 27.5. The van der Waals surface area contributed by atoms with Crippen LogP contribution < -0.4 is 9.64 Å². The smallest absolute Gasteiger partial charge is 0.344 e. The number of ether oxygens (including phenoxy) is 3. The molecule has 0 radical (unpaired) electrons. The Morgan fingerprint density at radius 2 is 1.88 bits per heavy atom. The third kappa shape index (κ3) is 3.59. The maximum atomic E-state index is 13.8. The molecule has 8 nitrogen and oxygen atoms in total. The van der Waals surface area contributed by atoms with Crippen LogP contribution >= 0.6 is 0 Å². The van der Waals surface area contributed by atoms with Gasteiger partial charge in [-0.05, 0) is 36.6 Å². The lowest BCUT2D eigenvalue weighted by molar-refractivity contribution is -0.228. The van der Waals surface area contributed by atoms with Crippen LogP contribution in [0.2, 0.25) is 0 Å². The highest BCUT2D eigenvalue weighted by Gasteiger charge is 2.80. The maximum absolute atomic E-state index is 13.8. The Kier molecular flexibility index (Phi) is 6.54. The van der Waals surface area contributed by atoms with Gasteiger partial charge in [-0.2, -0.15) is 0 Å². The van der Waals surface area contributed by atoms with Crippen molar-refractivity contribution in [2.75, 3.05) is 39.3 Å². The summed E-state index contributed by atoms with van der Waals surface area (Å²) in [5.41, 5.74) is 0.326. The topological polar surface area (TPSA) is 88.5 Å². The summed E-state index contributed by atoms with van der Waals surface area (Å²) in [6.07, 6.45) is 8.42. The van der Waals surface area contributed by atoms with Crippen LogP contribution in [-0.4, -0.2) is 80.1 Å². The highest BCUT2D eigenvalue weighted by atomic mass is 16.6. The minimum absolute atomic E-state index is 0.118. The van der Waals surface area contributed by atoms with Crippen LogP contribution in [0.4, 0.5) is 5.69 Å². The van der Waals surface area contributed by atoms with E-state index in [4.69, 9.17) is 14.2 Å². The van der Waals surface area contributed by atoms with Gasteiger partial charge in [0.05, 0.1) is 20.3 Å². The number of hydrogen-bond acceptors (Lipinski definition) is 8. The molecule has 216 valence electrons. The SMILES string of the molecule is CC[C@]12C=CCN3CC[C@@]4(c5cc(/C=C/c6ccccc6)c(OC)cc5N(C)[C@H]4[C@@](O)(C(=O)OC)[C@@H]1OC(C)=O)[C@@H]32. The average molecular weight is 559 g/mol. The number of carbonyl (C=O) groups excluding carboxylic acids is 2. The van der Waals surface area contributed by atoms with Crippen molar-refractivity contribution >= 4 is 29.8 Å². The van der Waals surface area contributed by atoms with Gasteiger partial charge in [0.25, 0.3) is 0 Å². The minimum atomic E-state index is -2.13. The minimum Gasteiger partial charge on any atom is -0.496 e. The van der Waals surface area contributed by atoms with Crippen molar-refractivity contribution in [2.45, 2.75) is 55.9 Å². The molecule has 3 aliphatic heterocycles. The Morgan fingerprint density at radius 3 is 2.54 bits per heavy atom. The molecule has 2 fully saturated rings. The summed E-state index contributed by atoms with van der Waals surface area (Å²) in [7, 11) is 4.82. The molecule has 6 rings (SSSR count). The van der Waals surface area contributed by atoms with Crippen LogP contribution in [0.25, 0.3) is 12.2 Å². The first-order chi connectivity index (χ1) is 19.7. The van der Waals surface area contributed by atoms with Crippen molar-refractivity contribution in [3.8, 4) is 5.75 Å². The lowest BCUT2D eigenvalue weighted by Crippen LogP contribution is -2.81. The van der Waals surface area contributed by atoms with Crippen LogP contribution in [0.5, 0.6) is 5.75 Å². The zero-order valence-electron chi connectivity index (χ0n) is 24.3. The Labute approximate surface area is 241 Å². The number of hydrogen-bond donors (Lipinski definition) is 1. The van der Waals surface area contributed by atoms with E-state index in [0.717, 1.165) is 41.9 Å². The third-order valence-electron chi connectivity index (χ3n) is 10.0. The summed E-state index contributed by atoms with van der Waals surface area (Å²) in [6, 6.07) is 13.4. The molecular formula is C33H38N2O6. The van der Waals surface area contributed by atoms with Crippen LogP contribution in [0, 0.1) is 5.41 Å². The Bertz CT molecular complexity index is 1440. The molecule has 1 saturated heterocycles. The molecule has 1 spiro atoms. The molecule has 0 bridgehead atoms. The standard InChI is InChI=1S/C33H38N2O6/c1-6-31-15-10-17-35-18-16-32(27(31)35)24-19-23(14-13-22-11-8-7-9-12-22)26(39-4)20-25(24)34(3)28(32)33(38,30(37)40-5)29(31)41-21(2)36/h7-15,19-20,27-29,38H,6,16-18H2,1-5H3/b14-13+/t27-,28+,29+,31+,32+,33-/m0/s1. The van der Waals surface area contributed by atoms with Gasteiger partial charge >= 0.3 is 11.9 Å². The zero-order chi connectivity index (χ0) is 29.2. The molecule has 41 heavy (non-hydrogen) atoms. The molecule has 3 heterocycles. The number of likely N-dealkylation sites (N-methyl/N-ethyl adjacent to an activating group) is 1. The number of anilines is 1. The number of fused-ring (bicyclic) bond motifs is 1. The Balaban J connectivity index is 1.63. The summed E-state index contributed by atoms with van der Waals surface area (Å²) in [6.45, 7) is 4.90. The number of benzene rings is 2. The van der Waals surface area contributed by atoms with Gasteiger partial charge in [-0.1, -0.05) is 61.6 Å². The number of nitrogens with zero attached hydrogens (tertiary/aromatic N) is 2. The molecule has 0 aromatic heterocycles. The molecular weight excluding hydrogens is 520 g/mol. The van der Waals surface area contributed by atoms with Crippen LogP contribution in [0.15, 0.2) is 54.6 Å². The summed E-state index contributed by atoms with van der Waals surface area (Å²) in [5, 5.41) is 12.8. The van der Waals surface area contributed by atoms with Gasteiger partial charge in [0, 0.05) is 54.7 Å². The van der Waals surface area contributed by atoms with Gasteiger partial charge < -0.3 is 24.2 Å². The van der Waals surface area contributed by atoms with Crippen molar-refractivity contribution < 1.29 is 28.9 Å². The summed E-state index contributed by atoms with van der Waals surface area (Å²) >= 11 is 0. The van der Waals surface area contributed by atoms with Gasteiger partial charge in [0.2, 0.25) is 5.60 Å². The van der Waals surface area contributed by atoms with Gasteiger partial charge in [-0.3, -0.25) is 9.69 Å². The highest BCUT2D eigenvalue weighted by Crippen LogP contribution is 2.67. The highest BCUT2D eigenvalue weighted by molar-refractivity contribution is 5.88. The number of carbonyl (C=O) groups is 2. The molecule has 2 aromatic rings. The van der Waals surface area contributed by atoms with Crippen LogP contribution in [0.3, 0.4) is 0 Å². The quantitative estimate of drug-likeness (QED) is 0.325.